The number of nitrogens with one attached hydrogen (secondary N) is 1. The molecule has 2 aromatic rings. The maximum absolute atomic E-state index is 11.9. The summed E-state index contributed by atoms with van der Waals surface area (Å²) in [4.78, 5) is 16.2. The van der Waals surface area contributed by atoms with Gasteiger partial charge in [-0.25, -0.2) is 4.98 Å². The molecule has 108 valence electrons. The molecule has 0 atom stereocenters. The van der Waals surface area contributed by atoms with Crippen LogP contribution < -0.4 is 5.32 Å². The maximum Gasteiger partial charge on any atom is 0.262 e. The van der Waals surface area contributed by atoms with Crippen LogP contribution in [-0.4, -0.2) is 21.8 Å². The lowest BCUT2D eigenvalue weighted by atomic mass is 10.2. The summed E-state index contributed by atoms with van der Waals surface area (Å²) in [5, 5.41) is 11.9. The van der Waals surface area contributed by atoms with E-state index in [4.69, 9.17) is 5.26 Å². The van der Waals surface area contributed by atoms with Crippen molar-refractivity contribution in [3.63, 3.8) is 0 Å². The van der Waals surface area contributed by atoms with E-state index in [0.717, 1.165) is 23.0 Å². The van der Waals surface area contributed by atoms with Gasteiger partial charge in [-0.05, 0) is 40.6 Å². The molecule has 2 aromatic heterocycles. The van der Waals surface area contributed by atoms with E-state index in [1.54, 1.807) is 12.3 Å². The largest absolute Gasteiger partial charge is 0.351 e. The molecule has 0 unspecified atom stereocenters. The Labute approximate surface area is 131 Å². The van der Waals surface area contributed by atoms with Crippen molar-refractivity contribution in [2.24, 2.45) is 0 Å². The molecule has 0 aliphatic heterocycles. The van der Waals surface area contributed by atoms with Crippen LogP contribution in [0.4, 0.5) is 0 Å². The molecule has 1 amide bonds. The van der Waals surface area contributed by atoms with E-state index in [1.165, 1.54) is 0 Å². The SMILES string of the molecule is CCCCNC(=O)/C(C#N)=C\c1cnc2ccc(Br)cn12. The van der Waals surface area contributed by atoms with Gasteiger partial charge in [-0.15, -0.1) is 0 Å². The fourth-order valence-electron chi connectivity index (χ4n) is 1.85. The maximum atomic E-state index is 11.9. The van der Waals surface area contributed by atoms with Crippen LogP contribution in [0.3, 0.4) is 0 Å². The number of carbonyl (C=O) groups is 1. The number of pyridine rings is 1. The molecular formula is C15H15BrN4O. The molecule has 0 aliphatic carbocycles. The lowest BCUT2D eigenvalue weighted by Crippen LogP contribution is -2.25. The molecule has 0 saturated carbocycles. The number of nitriles is 1. The highest BCUT2D eigenvalue weighted by Gasteiger charge is 2.10. The average molecular weight is 347 g/mol. The number of hydrogen-bond donors (Lipinski definition) is 1. The smallest absolute Gasteiger partial charge is 0.262 e. The van der Waals surface area contributed by atoms with Crippen LogP contribution in [0.25, 0.3) is 11.7 Å². The summed E-state index contributed by atoms with van der Waals surface area (Å²) < 4.78 is 2.72. The number of unbranched alkanes of at least 4 members (excludes halogenated alkanes) is 1. The number of carbonyl (C=O) groups excluding carboxylic acids is 1. The predicted octanol–water partition coefficient (Wildman–Crippen LogP) is 2.92. The van der Waals surface area contributed by atoms with Gasteiger partial charge < -0.3 is 5.32 Å². The van der Waals surface area contributed by atoms with E-state index < -0.39 is 0 Å². The molecule has 0 saturated heterocycles. The number of halogens is 1. The second-order valence-electron chi connectivity index (χ2n) is 4.54. The second kappa shape index (κ2) is 7.04. The van der Waals surface area contributed by atoms with Gasteiger partial charge in [0.25, 0.3) is 5.91 Å². The quantitative estimate of drug-likeness (QED) is 0.514. The lowest BCUT2D eigenvalue weighted by Gasteiger charge is -2.03. The number of imidazole rings is 1. The Morgan fingerprint density at radius 2 is 2.38 bits per heavy atom. The van der Waals surface area contributed by atoms with Gasteiger partial charge in [0.1, 0.15) is 17.3 Å². The van der Waals surface area contributed by atoms with E-state index in [1.807, 2.05) is 35.7 Å². The Morgan fingerprint density at radius 3 is 3.10 bits per heavy atom. The molecule has 0 bridgehead atoms. The number of hydrogen-bond acceptors (Lipinski definition) is 3. The predicted molar refractivity (Wildman–Crippen MR) is 84.4 cm³/mol. The van der Waals surface area contributed by atoms with Gasteiger partial charge in [-0.1, -0.05) is 13.3 Å². The first-order valence-corrected chi connectivity index (χ1v) is 7.47. The van der Waals surface area contributed by atoms with Gasteiger partial charge in [0.05, 0.1) is 11.9 Å². The summed E-state index contributed by atoms with van der Waals surface area (Å²) in [6.07, 6.45) is 6.92. The summed E-state index contributed by atoms with van der Waals surface area (Å²) in [5.41, 5.74) is 1.52. The molecule has 0 aromatic carbocycles. The van der Waals surface area contributed by atoms with Crippen molar-refractivity contribution < 1.29 is 4.79 Å². The van der Waals surface area contributed by atoms with Gasteiger partial charge >= 0.3 is 0 Å². The van der Waals surface area contributed by atoms with Crippen molar-refractivity contribution >= 4 is 33.6 Å². The Bertz CT molecular complexity index is 727. The zero-order chi connectivity index (χ0) is 15.2. The topological polar surface area (TPSA) is 70.2 Å². The average Bonchev–Trinajstić information content (AvgIpc) is 2.87. The Kier molecular flexibility index (Phi) is 5.12. The molecule has 2 heterocycles. The van der Waals surface area contributed by atoms with E-state index >= 15 is 0 Å². The fraction of sp³-hybridized carbons (Fsp3) is 0.267. The third-order valence-corrected chi connectivity index (χ3v) is 3.44. The lowest BCUT2D eigenvalue weighted by molar-refractivity contribution is -0.117. The van der Waals surface area contributed by atoms with Gasteiger partial charge in [0, 0.05) is 17.2 Å². The number of rotatable bonds is 5. The van der Waals surface area contributed by atoms with Gasteiger partial charge in [-0.3, -0.25) is 9.20 Å². The van der Waals surface area contributed by atoms with E-state index in [9.17, 15) is 4.79 Å². The highest BCUT2D eigenvalue weighted by atomic mass is 79.9. The van der Waals surface area contributed by atoms with Gasteiger partial charge in [0.15, 0.2) is 0 Å². The summed E-state index contributed by atoms with van der Waals surface area (Å²) >= 11 is 3.39. The van der Waals surface area contributed by atoms with Crippen LogP contribution in [-0.2, 0) is 4.79 Å². The minimum Gasteiger partial charge on any atom is -0.351 e. The van der Waals surface area contributed by atoms with Crippen LogP contribution in [0.5, 0.6) is 0 Å². The standard InChI is InChI=1S/C15H15BrN4O/c1-2-3-6-18-15(21)11(8-17)7-13-9-19-14-5-4-12(16)10-20(13)14/h4-5,7,9-10H,2-3,6H2,1H3,(H,18,21)/b11-7-. The van der Waals surface area contributed by atoms with E-state index in [0.29, 0.717) is 12.2 Å². The molecule has 0 spiro atoms. The van der Waals surface area contributed by atoms with E-state index in [-0.39, 0.29) is 11.5 Å². The number of nitrogens with zero attached hydrogens (tertiary/aromatic N) is 3. The minimum absolute atomic E-state index is 0.0767. The summed E-state index contributed by atoms with van der Waals surface area (Å²) in [7, 11) is 0. The van der Waals surface area contributed by atoms with Crippen LogP contribution in [0.2, 0.25) is 0 Å². The van der Waals surface area contributed by atoms with Crippen LogP contribution >= 0.6 is 15.9 Å². The first-order valence-electron chi connectivity index (χ1n) is 6.68. The van der Waals surface area contributed by atoms with Crippen LogP contribution in [0.1, 0.15) is 25.5 Å². The molecule has 0 fully saturated rings. The highest BCUT2D eigenvalue weighted by Crippen LogP contribution is 2.15. The molecule has 0 aliphatic rings. The molecular weight excluding hydrogens is 332 g/mol. The third kappa shape index (κ3) is 3.70. The Balaban J connectivity index is 2.28. The fourth-order valence-corrected chi connectivity index (χ4v) is 2.19. The minimum atomic E-state index is -0.351. The summed E-state index contributed by atoms with van der Waals surface area (Å²) in [6.45, 7) is 2.62. The third-order valence-electron chi connectivity index (χ3n) is 2.97. The molecule has 5 nitrogen and oxygen atoms in total. The van der Waals surface area contributed by atoms with Crippen molar-refractivity contribution in [3.8, 4) is 6.07 Å². The normalized spacial score (nSPS) is 11.4. The number of amides is 1. The van der Waals surface area contributed by atoms with Crippen molar-refractivity contribution in [1.82, 2.24) is 14.7 Å². The molecule has 0 radical (unpaired) electrons. The monoisotopic (exact) mass is 346 g/mol. The first-order chi connectivity index (χ1) is 10.2. The Morgan fingerprint density at radius 1 is 1.57 bits per heavy atom. The van der Waals surface area contributed by atoms with E-state index in [2.05, 4.69) is 26.2 Å². The highest BCUT2D eigenvalue weighted by molar-refractivity contribution is 9.10. The first kappa shape index (κ1) is 15.3. The van der Waals surface area contributed by atoms with Crippen molar-refractivity contribution in [1.29, 1.82) is 5.26 Å². The van der Waals surface area contributed by atoms with Crippen molar-refractivity contribution in [2.75, 3.05) is 6.54 Å². The number of aromatic nitrogens is 2. The second-order valence-corrected chi connectivity index (χ2v) is 5.45. The van der Waals surface area contributed by atoms with Crippen molar-refractivity contribution in [2.45, 2.75) is 19.8 Å². The molecule has 21 heavy (non-hydrogen) atoms. The summed E-state index contributed by atoms with van der Waals surface area (Å²) in [5.74, 6) is -0.351. The molecule has 2 rings (SSSR count). The number of fused-ring (bicyclic) bond motifs is 1. The van der Waals surface area contributed by atoms with Gasteiger partial charge in [0.2, 0.25) is 0 Å². The molecule has 6 heteroatoms. The van der Waals surface area contributed by atoms with Gasteiger partial charge in [-0.2, -0.15) is 5.26 Å². The zero-order valence-electron chi connectivity index (χ0n) is 11.6. The van der Waals surface area contributed by atoms with Crippen LogP contribution in [0.15, 0.2) is 34.6 Å². The van der Waals surface area contributed by atoms with Crippen molar-refractivity contribution in [3.05, 3.63) is 40.3 Å². The summed E-state index contributed by atoms with van der Waals surface area (Å²) in [6, 6.07) is 5.69. The Hall–Kier alpha value is -2.13. The van der Waals surface area contributed by atoms with Crippen LogP contribution in [0, 0.1) is 11.3 Å². The zero-order valence-corrected chi connectivity index (χ0v) is 13.2. The molecule has 1 N–H and O–H groups in total.